The van der Waals surface area contributed by atoms with Crippen molar-refractivity contribution in [2.45, 2.75) is 27.3 Å². The van der Waals surface area contributed by atoms with Gasteiger partial charge in [-0.1, -0.05) is 42.5 Å². The van der Waals surface area contributed by atoms with Gasteiger partial charge in [0.2, 0.25) is 11.8 Å². The topological polar surface area (TPSA) is 58.6 Å². The van der Waals surface area contributed by atoms with E-state index in [0.29, 0.717) is 24.5 Å². The molecule has 0 saturated carbocycles. The van der Waals surface area contributed by atoms with E-state index >= 15 is 0 Å². The molecule has 0 spiro atoms. The molecule has 2 amide bonds. The van der Waals surface area contributed by atoms with Gasteiger partial charge in [-0.3, -0.25) is 9.59 Å². The Balaban J connectivity index is 2.15. The average molecular weight is 354 g/mol. The fourth-order valence-electron chi connectivity index (χ4n) is 2.65. The summed E-state index contributed by atoms with van der Waals surface area (Å²) in [6.45, 7) is 6.21. The van der Waals surface area contributed by atoms with Crippen molar-refractivity contribution < 1.29 is 14.3 Å². The highest BCUT2D eigenvalue weighted by Crippen LogP contribution is 2.27. The van der Waals surface area contributed by atoms with Gasteiger partial charge in [-0.05, 0) is 38.5 Å². The maximum absolute atomic E-state index is 13.0. The van der Waals surface area contributed by atoms with E-state index in [-0.39, 0.29) is 11.8 Å². The first kappa shape index (κ1) is 19.5. The molecule has 2 aromatic rings. The van der Waals surface area contributed by atoms with Crippen LogP contribution in [0.1, 0.15) is 26.3 Å². The standard InChI is InChI=1S/C21H26N2O3/c1-5-23(15-16-11-7-6-8-12-16)20(25)21(2,3)19(24)22-17-13-9-10-14-18(17)26-4/h6-14H,5,15H2,1-4H3,(H,22,24). The van der Waals surface area contributed by atoms with Crippen LogP contribution in [0, 0.1) is 5.41 Å². The highest BCUT2D eigenvalue weighted by Gasteiger charge is 2.39. The van der Waals surface area contributed by atoms with Crippen LogP contribution in [0.15, 0.2) is 54.6 Å². The molecule has 1 N–H and O–H groups in total. The Morgan fingerprint density at radius 1 is 1.04 bits per heavy atom. The van der Waals surface area contributed by atoms with Crippen LogP contribution in [0.4, 0.5) is 5.69 Å². The van der Waals surface area contributed by atoms with Gasteiger partial charge in [0.05, 0.1) is 12.8 Å². The largest absolute Gasteiger partial charge is 0.495 e. The summed E-state index contributed by atoms with van der Waals surface area (Å²) in [5, 5.41) is 2.81. The molecule has 0 aromatic heterocycles. The van der Waals surface area contributed by atoms with Gasteiger partial charge in [-0.2, -0.15) is 0 Å². The smallest absolute Gasteiger partial charge is 0.239 e. The molecule has 0 aliphatic carbocycles. The number of nitrogens with zero attached hydrogens (tertiary/aromatic N) is 1. The number of hydrogen-bond donors (Lipinski definition) is 1. The van der Waals surface area contributed by atoms with E-state index in [2.05, 4.69) is 5.32 Å². The first-order valence-corrected chi connectivity index (χ1v) is 8.68. The average Bonchev–Trinajstić information content (AvgIpc) is 2.66. The van der Waals surface area contributed by atoms with Crippen molar-refractivity contribution >= 4 is 17.5 Å². The minimum Gasteiger partial charge on any atom is -0.495 e. The van der Waals surface area contributed by atoms with Gasteiger partial charge in [0.15, 0.2) is 0 Å². The molecule has 0 bridgehead atoms. The van der Waals surface area contributed by atoms with Crippen LogP contribution in [0.25, 0.3) is 0 Å². The Kier molecular flexibility index (Phi) is 6.39. The number of para-hydroxylation sites is 2. The zero-order valence-electron chi connectivity index (χ0n) is 15.8. The van der Waals surface area contributed by atoms with Gasteiger partial charge in [0.25, 0.3) is 0 Å². The molecule has 2 aromatic carbocycles. The lowest BCUT2D eigenvalue weighted by Crippen LogP contribution is -2.47. The number of ether oxygens (including phenoxy) is 1. The molecule has 5 heteroatoms. The number of rotatable bonds is 7. The van der Waals surface area contributed by atoms with Crippen LogP contribution in [0.2, 0.25) is 0 Å². The molecule has 2 rings (SSSR count). The second kappa shape index (κ2) is 8.52. The van der Waals surface area contributed by atoms with Gasteiger partial charge < -0.3 is 15.0 Å². The molecule has 26 heavy (non-hydrogen) atoms. The minimum absolute atomic E-state index is 0.212. The second-order valence-electron chi connectivity index (χ2n) is 6.58. The van der Waals surface area contributed by atoms with Crippen LogP contribution in [0.3, 0.4) is 0 Å². The summed E-state index contributed by atoms with van der Waals surface area (Å²) in [5.41, 5.74) is 0.377. The molecule has 0 saturated heterocycles. The number of nitrogens with one attached hydrogen (secondary N) is 1. The molecule has 0 atom stereocenters. The number of anilines is 1. The first-order valence-electron chi connectivity index (χ1n) is 8.68. The maximum Gasteiger partial charge on any atom is 0.239 e. The first-order chi connectivity index (χ1) is 12.4. The quantitative estimate of drug-likeness (QED) is 0.771. The third kappa shape index (κ3) is 4.42. The summed E-state index contributed by atoms with van der Waals surface area (Å²) >= 11 is 0. The van der Waals surface area contributed by atoms with Gasteiger partial charge in [0, 0.05) is 13.1 Å². The second-order valence-corrected chi connectivity index (χ2v) is 6.58. The molecule has 138 valence electrons. The predicted octanol–water partition coefficient (Wildman–Crippen LogP) is 3.71. The van der Waals surface area contributed by atoms with Crippen molar-refractivity contribution in [1.82, 2.24) is 4.90 Å². The molecule has 0 aliphatic rings. The third-order valence-electron chi connectivity index (χ3n) is 4.34. The van der Waals surface area contributed by atoms with E-state index in [1.165, 1.54) is 0 Å². The summed E-state index contributed by atoms with van der Waals surface area (Å²) in [4.78, 5) is 27.5. The molecule has 5 nitrogen and oxygen atoms in total. The summed E-state index contributed by atoms with van der Waals surface area (Å²) in [5.74, 6) is -0.0181. The Hall–Kier alpha value is -2.82. The lowest BCUT2D eigenvalue weighted by Gasteiger charge is -2.30. The summed E-state index contributed by atoms with van der Waals surface area (Å²) in [7, 11) is 1.54. The fraction of sp³-hybridized carbons (Fsp3) is 0.333. The van der Waals surface area contributed by atoms with Crippen LogP contribution < -0.4 is 10.1 Å². The van der Waals surface area contributed by atoms with E-state index in [9.17, 15) is 9.59 Å². The van der Waals surface area contributed by atoms with Crippen molar-refractivity contribution in [2.24, 2.45) is 5.41 Å². The van der Waals surface area contributed by atoms with E-state index in [0.717, 1.165) is 5.56 Å². The van der Waals surface area contributed by atoms with E-state index < -0.39 is 5.41 Å². The van der Waals surface area contributed by atoms with Gasteiger partial charge in [-0.15, -0.1) is 0 Å². The van der Waals surface area contributed by atoms with Crippen molar-refractivity contribution in [3.05, 3.63) is 60.2 Å². The number of methoxy groups -OCH3 is 1. The summed E-state index contributed by atoms with van der Waals surface area (Å²) in [6, 6.07) is 16.9. The Bertz CT molecular complexity index is 757. The van der Waals surface area contributed by atoms with Crippen LogP contribution in [-0.4, -0.2) is 30.4 Å². The number of hydrogen-bond acceptors (Lipinski definition) is 3. The summed E-state index contributed by atoms with van der Waals surface area (Å²) < 4.78 is 5.26. The van der Waals surface area contributed by atoms with Gasteiger partial charge >= 0.3 is 0 Å². The van der Waals surface area contributed by atoms with Crippen LogP contribution in [-0.2, 0) is 16.1 Å². The molecular formula is C21H26N2O3. The molecule has 0 radical (unpaired) electrons. The molecule has 0 heterocycles. The minimum atomic E-state index is -1.20. The van der Waals surface area contributed by atoms with Crippen LogP contribution in [0.5, 0.6) is 5.75 Å². The van der Waals surface area contributed by atoms with Gasteiger partial charge in [-0.25, -0.2) is 0 Å². The van der Waals surface area contributed by atoms with Gasteiger partial charge in [0.1, 0.15) is 11.2 Å². The van der Waals surface area contributed by atoms with E-state index in [4.69, 9.17) is 4.74 Å². The SMILES string of the molecule is CCN(Cc1ccccc1)C(=O)C(C)(C)C(=O)Nc1ccccc1OC. The lowest BCUT2D eigenvalue weighted by atomic mass is 9.89. The Morgan fingerprint density at radius 3 is 2.27 bits per heavy atom. The number of carbonyl (C=O) groups is 2. The Labute approximate surface area is 155 Å². The maximum atomic E-state index is 13.0. The summed E-state index contributed by atoms with van der Waals surface area (Å²) in [6.07, 6.45) is 0. The third-order valence-corrected chi connectivity index (χ3v) is 4.34. The number of benzene rings is 2. The van der Waals surface area contributed by atoms with E-state index in [1.54, 1.807) is 44.1 Å². The number of amides is 2. The van der Waals surface area contributed by atoms with E-state index in [1.807, 2.05) is 43.3 Å². The van der Waals surface area contributed by atoms with Crippen molar-refractivity contribution in [3.63, 3.8) is 0 Å². The zero-order chi connectivity index (χ0) is 19.2. The monoisotopic (exact) mass is 354 g/mol. The highest BCUT2D eigenvalue weighted by molar-refractivity contribution is 6.10. The molecule has 0 fully saturated rings. The number of carbonyl (C=O) groups excluding carboxylic acids is 2. The fourth-order valence-corrected chi connectivity index (χ4v) is 2.65. The predicted molar refractivity (Wildman–Crippen MR) is 103 cm³/mol. The zero-order valence-corrected chi connectivity index (χ0v) is 15.8. The molecular weight excluding hydrogens is 328 g/mol. The molecule has 0 aliphatic heterocycles. The lowest BCUT2D eigenvalue weighted by molar-refractivity contribution is -0.146. The normalized spacial score (nSPS) is 10.9. The highest BCUT2D eigenvalue weighted by atomic mass is 16.5. The molecule has 0 unspecified atom stereocenters. The Morgan fingerprint density at radius 2 is 1.65 bits per heavy atom. The van der Waals surface area contributed by atoms with Crippen LogP contribution >= 0.6 is 0 Å². The van der Waals surface area contributed by atoms with Crippen molar-refractivity contribution in [1.29, 1.82) is 0 Å². The van der Waals surface area contributed by atoms with Crippen molar-refractivity contribution in [2.75, 3.05) is 19.0 Å². The van der Waals surface area contributed by atoms with Crippen molar-refractivity contribution in [3.8, 4) is 5.75 Å².